The highest BCUT2D eigenvalue weighted by Crippen LogP contribution is 2.32. The quantitative estimate of drug-likeness (QED) is 0.775. The number of nitrogens with zero attached hydrogens (tertiary/aromatic N) is 1. The molecule has 2 N–H and O–H groups in total. The maximum absolute atomic E-state index is 12.0. The first-order valence-corrected chi connectivity index (χ1v) is 7.29. The molecular weight excluding hydrogens is 236 g/mol. The van der Waals surface area contributed by atoms with Crippen LogP contribution in [0.15, 0.2) is 12.1 Å². The fourth-order valence-corrected chi connectivity index (χ4v) is 4.22. The number of benzene rings is 1. The fraction of sp³-hybridized carbons (Fsp3) is 0.500. The van der Waals surface area contributed by atoms with Crippen LogP contribution in [0, 0.1) is 19.8 Å². The molecule has 0 aliphatic carbocycles. The Bertz CT molecular complexity index is 552. The lowest BCUT2D eigenvalue weighted by Crippen LogP contribution is -2.26. The van der Waals surface area contributed by atoms with Crippen LogP contribution in [0.3, 0.4) is 0 Å². The molecule has 17 heavy (non-hydrogen) atoms. The third kappa shape index (κ3) is 2.11. The van der Waals surface area contributed by atoms with Gasteiger partial charge in [0.25, 0.3) is 0 Å². The summed E-state index contributed by atoms with van der Waals surface area (Å²) >= 11 is 0. The molecule has 1 aliphatic heterocycles. The van der Waals surface area contributed by atoms with Crippen molar-refractivity contribution >= 4 is 21.4 Å². The summed E-state index contributed by atoms with van der Waals surface area (Å²) in [6.07, 6.45) is 0. The molecule has 1 unspecified atom stereocenters. The topological polar surface area (TPSA) is 63.4 Å². The predicted octanol–water partition coefficient (Wildman–Crippen LogP) is 1.67. The van der Waals surface area contributed by atoms with Crippen LogP contribution in [0.5, 0.6) is 0 Å². The highest BCUT2D eigenvalue weighted by molar-refractivity contribution is 7.93. The van der Waals surface area contributed by atoms with Crippen LogP contribution in [0.25, 0.3) is 0 Å². The number of hydrogen-bond acceptors (Lipinski definition) is 3. The first-order chi connectivity index (χ1) is 7.81. The van der Waals surface area contributed by atoms with Gasteiger partial charge in [-0.25, -0.2) is 8.42 Å². The van der Waals surface area contributed by atoms with Crippen molar-refractivity contribution in [3.8, 4) is 0 Å². The van der Waals surface area contributed by atoms with Crippen LogP contribution in [0.2, 0.25) is 0 Å². The van der Waals surface area contributed by atoms with Gasteiger partial charge >= 0.3 is 0 Å². The van der Waals surface area contributed by atoms with Crippen molar-refractivity contribution in [2.75, 3.05) is 22.3 Å². The number of sulfonamides is 1. The average molecular weight is 254 g/mol. The molecule has 1 atom stereocenters. The van der Waals surface area contributed by atoms with E-state index in [1.807, 2.05) is 32.9 Å². The second kappa shape index (κ2) is 3.91. The molecule has 4 nitrogen and oxygen atoms in total. The molecule has 0 spiro atoms. The van der Waals surface area contributed by atoms with Crippen molar-refractivity contribution in [1.82, 2.24) is 0 Å². The van der Waals surface area contributed by atoms with Gasteiger partial charge < -0.3 is 5.73 Å². The first kappa shape index (κ1) is 12.2. The minimum Gasteiger partial charge on any atom is -0.399 e. The molecule has 1 heterocycles. The molecule has 1 saturated heterocycles. The highest BCUT2D eigenvalue weighted by Gasteiger charge is 2.34. The van der Waals surface area contributed by atoms with Gasteiger partial charge in [-0.3, -0.25) is 4.31 Å². The summed E-state index contributed by atoms with van der Waals surface area (Å²) in [7, 11) is -3.15. The van der Waals surface area contributed by atoms with Gasteiger partial charge in [-0.1, -0.05) is 6.92 Å². The van der Waals surface area contributed by atoms with E-state index in [0.29, 0.717) is 12.2 Å². The largest absolute Gasteiger partial charge is 0.399 e. The number of nitrogen functional groups attached to an aromatic ring is 1. The minimum atomic E-state index is -3.15. The Balaban J connectivity index is 2.52. The summed E-state index contributed by atoms with van der Waals surface area (Å²) in [5.74, 6) is 0.410. The maximum atomic E-state index is 12.0. The van der Waals surface area contributed by atoms with E-state index in [4.69, 9.17) is 5.73 Å². The van der Waals surface area contributed by atoms with Crippen LogP contribution in [-0.4, -0.2) is 20.7 Å². The van der Waals surface area contributed by atoms with Crippen LogP contribution >= 0.6 is 0 Å². The van der Waals surface area contributed by atoms with Gasteiger partial charge in [-0.05, 0) is 43.0 Å². The number of hydrogen-bond donors (Lipinski definition) is 1. The monoisotopic (exact) mass is 254 g/mol. The first-order valence-electron chi connectivity index (χ1n) is 5.68. The Hall–Kier alpha value is -1.23. The SMILES string of the molecule is Cc1cc(N2CC(C)CS2(=O)=O)c(C)cc1N. The molecule has 0 bridgehead atoms. The van der Waals surface area contributed by atoms with E-state index in [0.717, 1.165) is 16.8 Å². The number of aryl methyl sites for hydroxylation is 2. The van der Waals surface area contributed by atoms with E-state index in [1.165, 1.54) is 4.31 Å². The summed E-state index contributed by atoms with van der Waals surface area (Å²) in [5.41, 5.74) is 9.11. The van der Waals surface area contributed by atoms with Gasteiger partial charge in [0.15, 0.2) is 0 Å². The Morgan fingerprint density at radius 2 is 1.94 bits per heavy atom. The molecule has 0 radical (unpaired) electrons. The fourth-order valence-electron chi connectivity index (χ4n) is 2.24. The lowest BCUT2D eigenvalue weighted by Gasteiger charge is -2.20. The van der Waals surface area contributed by atoms with Crippen molar-refractivity contribution in [3.05, 3.63) is 23.3 Å². The van der Waals surface area contributed by atoms with Crippen LogP contribution < -0.4 is 10.0 Å². The number of anilines is 2. The standard InChI is InChI=1S/C12H18N2O2S/c1-8-6-14(17(15,16)7-8)12-5-9(2)11(13)4-10(12)3/h4-5,8H,6-7,13H2,1-3H3. The second-order valence-electron chi connectivity index (χ2n) is 4.91. The zero-order valence-electron chi connectivity index (χ0n) is 10.4. The van der Waals surface area contributed by atoms with Gasteiger partial charge in [0.1, 0.15) is 0 Å². The maximum Gasteiger partial charge on any atom is 0.235 e. The summed E-state index contributed by atoms with van der Waals surface area (Å²) < 4.78 is 25.5. The Morgan fingerprint density at radius 1 is 1.29 bits per heavy atom. The van der Waals surface area contributed by atoms with Crippen molar-refractivity contribution in [3.63, 3.8) is 0 Å². The summed E-state index contributed by atoms with van der Waals surface area (Å²) in [4.78, 5) is 0. The van der Waals surface area contributed by atoms with Crippen molar-refractivity contribution in [1.29, 1.82) is 0 Å². The molecule has 1 aromatic rings. The average Bonchev–Trinajstić information content (AvgIpc) is 2.45. The lowest BCUT2D eigenvalue weighted by molar-refractivity contribution is 0.598. The normalized spacial score (nSPS) is 23.0. The van der Waals surface area contributed by atoms with Gasteiger partial charge in [0.2, 0.25) is 10.0 Å². The summed E-state index contributed by atoms with van der Waals surface area (Å²) in [6, 6.07) is 3.70. The van der Waals surface area contributed by atoms with Crippen molar-refractivity contribution in [2.24, 2.45) is 5.92 Å². The number of rotatable bonds is 1. The van der Waals surface area contributed by atoms with Gasteiger partial charge in [-0.2, -0.15) is 0 Å². The van der Waals surface area contributed by atoms with E-state index < -0.39 is 10.0 Å². The Morgan fingerprint density at radius 3 is 2.47 bits per heavy atom. The number of nitrogens with two attached hydrogens (primary N) is 1. The molecule has 1 aliphatic rings. The zero-order chi connectivity index (χ0) is 12.8. The lowest BCUT2D eigenvalue weighted by atomic mass is 10.1. The van der Waals surface area contributed by atoms with E-state index in [9.17, 15) is 8.42 Å². The van der Waals surface area contributed by atoms with Crippen molar-refractivity contribution < 1.29 is 8.42 Å². The molecule has 0 aromatic heterocycles. The second-order valence-corrected chi connectivity index (χ2v) is 6.85. The summed E-state index contributed by atoms with van der Waals surface area (Å²) in [6.45, 7) is 6.30. The summed E-state index contributed by atoms with van der Waals surface area (Å²) in [5, 5.41) is 0. The third-order valence-corrected chi connectivity index (χ3v) is 5.17. The van der Waals surface area contributed by atoms with Crippen LogP contribution in [0.4, 0.5) is 11.4 Å². The van der Waals surface area contributed by atoms with Gasteiger partial charge in [0.05, 0.1) is 11.4 Å². The smallest absolute Gasteiger partial charge is 0.235 e. The Labute approximate surface area is 102 Å². The molecule has 94 valence electrons. The van der Waals surface area contributed by atoms with E-state index in [2.05, 4.69) is 0 Å². The molecule has 0 saturated carbocycles. The van der Waals surface area contributed by atoms with Crippen LogP contribution in [0.1, 0.15) is 18.1 Å². The van der Waals surface area contributed by atoms with E-state index in [1.54, 1.807) is 0 Å². The predicted molar refractivity (Wildman–Crippen MR) is 70.6 cm³/mol. The Kier molecular flexibility index (Phi) is 2.81. The molecule has 0 amide bonds. The van der Waals surface area contributed by atoms with Crippen molar-refractivity contribution in [2.45, 2.75) is 20.8 Å². The highest BCUT2D eigenvalue weighted by atomic mass is 32.2. The van der Waals surface area contributed by atoms with E-state index in [-0.39, 0.29) is 11.7 Å². The molecule has 2 rings (SSSR count). The molecular formula is C12H18N2O2S. The zero-order valence-corrected chi connectivity index (χ0v) is 11.2. The molecule has 1 aromatic carbocycles. The molecule has 1 fully saturated rings. The minimum absolute atomic E-state index is 0.178. The third-order valence-electron chi connectivity index (χ3n) is 3.16. The van der Waals surface area contributed by atoms with Gasteiger partial charge in [-0.15, -0.1) is 0 Å². The van der Waals surface area contributed by atoms with Crippen LogP contribution in [-0.2, 0) is 10.0 Å². The van der Waals surface area contributed by atoms with Gasteiger partial charge in [0, 0.05) is 12.2 Å². The molecule has 5 heteroatoms. The van der Waals surface area contributed by atoms with E-state index >= 15 is 0 Å².